The molecule has 0 bridgehead atoms. The van der Waals surface area contributed by atoms with Crippen molar-refractivity contribution in [2.75, 3.05) is 12.4 Å². The molecular weight excluding hydrogens is 340 g/mol. The first kappa shape index (κ1) is 16.8. The van der Waals surface area contributed by atoms with Crippen LogP contribution < -0.4 is 15.5 Å². The fraction of sp³-hybridized carbons (Fsp3) is 0.176. The third kappa shape index (κ3) is 4.30. The van der Waals surface area contributed by atoms with Crippen molar-refractivity contribution in [3.05, 3.63) is 69.1 Å². The summed E-state index contributed by atoms with van der Waals surface area (Å²) in [4.78, 5) is 26.6. The van der Waals surface area contributed by atoms with E-state index in [2.05, 4.69) is 32.6 Å². The Bertz CT molecular complexity index is 921. The molecule has 2 aromatic heterocycles. The molecule has 0 aliphatic heterocycles. The van der Waals surface area contributed by atoms with Gasteiger partial charge >= 0.3 is 0 Å². The summed E-state index contributed by atoms with van der Waals surface area (Å²) in [6, 6.07) is 11.3. The first-order valence-electron chi connectivity index (χ1n) is 7.60. The van der Waals surface area contributed by atoms with Crippen LogP contribution in [-0.2, 0) is 12.8 Å². The van der Waals surface area contributed by atoms with Crippen molar-refractivity contribution in [1.82, 2.24) is 15.2 Å². The van der Waals surface area contributed by atoms with Crippen molar-refractivity contribution in [3.63, 3.8) is 0 Å². The maximum Gasteiger partial charge on any atom is 0.274 e. The predicted molar refractivity (Wildman–Crippen MR) is 95.3 cm³/mol. The highest BCUT2D eigenvalue weighted by molar-refractivity contribution is 7.15. The van der Waals surface area contributed by atoms with Crippen LogP contribution >= 0.6 is 11.3 Å². The van der Waals surface area contributed by atoms with Gasteiger partial charge in [-0.1, -0.05) is 41.7 Å². The Labute approximate surface area is 147 Å². The number of H-pyrrole nitrogens is 1. The number of hydrogen-bond acceptors (Lipinski definition) is 6. The molecule has 1 amide bonds. The third-order valence-corrected chi connectivity index (χ3v) is 4.40. The van der Waals surface area contributed by atoms with Crippen LogP contribution in [0.2, 0.25) is 0 Å². The van der Waals surface area contributed by atoms with E-state index < -0.39 is 5.91 Å². The van der Waals surface area contributed by atoms with Crippen molar-refractivity contribution in [2.24, 2.45) is 0 Å². The summed E-state index contributed by atoms with van der Waals surface area (Å²) in [6.07, 6.45) is 2.95. The Morgan fingerprint density at radius 1 is 1.24 bits per heavy atom. The van der Waals surface area contributed by atoms with Crippen LogP contribution in [0, 0.1) is 0 Å². The van der Waals surface area contributed by atoms with Crippen LogP contribution in [0.1, 0.15) is 21.1 Å². The monoisotopic (exact) mass is 356 g/mol. The highest BCUT2D eigenvalue weighted by atomic mass is 32.1. The standard InChI is InChI=1S/C17H16N4O3S/c1-24-14-10-18-12(9-13(14)22)16(23)19-17-21-20-15(25-17)8-7-11-5-3-2-4-6-11/h2-6,9-10H,7-8H2,1H3,(H,18,22)(H,19,21,23). The number of nitrogens with one attached hydrogen (secondary N) is 2. The molecule has 1 aromatic carbocycles. The summed E-state index contributed by atoms with van der Waals surface area (Å²) < 4.78 is 4.87. The lowest BCUT2D eigenvalue weighted by Crippen LogP contribution is -2.17. The Balaban J connectivity index is 1.62. The van der Waals surface area contributed by atoms with Crippen LogP contribution in [0.5, 0.6) is 5.75 Å². The molecule has 2 heterocycles. The smallest absolute Gasteiger partial charge is 0.274 e. The number of aromatic amines is 1. The lowest BCUT2D eigenvalue weighted by molar-refractivity contribution is 0.102. The number of pyridine rings is 1. The summed E-state index contributed by atoms with van der Waals surface area (Å²) in [7, 11) is 1.39. The van der Waals surface area contributed by atoms with E-state index in [4.69, 9.17) is 4.74 Å². The van der Waals surface area contributed by atoms with Crippen LogP contribution in [0.25, 0.3) is 0 Å². The van der Waals surface area contributed by atoms with Gasteiger partial charge in [-0.15, -0.1) is 10.2 Å². The number of methoxy groups -OCH3 is 1. The van der Waals surface area contributed by atoms with Crippen LogP contribution in [0.4, 0.5) is 5.13 Å². The molecule has 128 valence electrons. The summed E-state index contributed by atoms with van der Waals surface area (Å²) >= 11 is 1.32. The van der Waals surface area contributed by atoms with E-state index in [0.29, 0.717) is 5.13 Å². The Hall–Kier alpha value is -3.00. The maximum atomic E-state index is 12.2. The first-order valence-corrected chi connectivity index (χ1v) is 8.42. The first-order chi connectivity index (χ1) is 12.2. The maximum absolute atomic E-state index is 12.2. The van der Waals surface area contributed by atoms with E-state index in [1.54, 1.807) is 0 Å². The van der Waals surface area contributed by atoms with Crippen LogP contribution in [-0.4, -0.2) is 28.2 Å². The number of benzene rings is 1. The summed E-state index contributed by atoms with van der Waals surface area (Å²) in [5.74, 6) is -0.304. The van der Waals surface area contributed by atoms with Gasteiger partial charge in [0.25, 0.3) is 5.91 Å². The van der Waals surface area contributed by atoms with Gasteiger partial charge in [0.1, 0.15) is 10.7 Å². The second-order valence-electron chi connectivity index (χ2n) is 5.22. The molecule has 0 saturated carbocycles. The van der Waals surface area contributed by atoms with E-state index >= 15 is 0 Å². The quantitative estimate of drug-likeness (QED) is 0.706. The van der Waals surface area contributed by atoms with Gasteiger partial charge in [-0.2, -0.15) is 0 Å². The van der Waals surface area contributed by atoms with Crippen molar-refractivity contribution in [2.45, 2.75) is 12.8 Å². The van der Waals surface area contributed by atoms with Gasteiger partial charge in [-0.25, -0.2) is 0 Å². The van der Waals surface area contributed by atoms with Gasteiger partial charge in [0, 0.05) is 18.7 Å². The largest absolute Gasteiger partial charge is 0.491 e. The second-order valence-corrected chi connectivity index (χ2v) is 6.28. The number of rotatable bonds is 6. The number of hydrogen-bond donors (Lipinski definition) is 2. The van der Waals surface area contributed by atoms with E-state index in [0.717, 1.165) is 17.8 Å². The molecule has 0 spiro atoms. The average Bonchev–Trinajstić information content (AvgIpc) is 3.08. The Morgan fingerprint density at radius 3 is 2.76 bits per heavy atom. The minimum absolute atomic E-state index is 0.131. The fourth-order valence-corrected chi connectivity index (χ4v) is 2.95. The SMILES string of the molecule is COc1c[nH]c(C(=O)Nc2nnc(CCc3ccccc3)s2)cc1=O. The minimum atomic E-state index is -0.453. The zero-order chi connectivity index (χ0) is 17.6. The van der Waals surface area contributed by atoms with E-state index in [-0.39, 0.29) is 16.9 Å². The van der Waals surface area contributed by atoms with Crippen LogP contribution in [0.3, 0.4) is 0 Å². The number of anilines is 1. The van der Waals surface area contributed by atoms with Crippen molar-refractivity contribution >= 4 is 22.4 Å². The molecule has 0 aliphatic carbocycles. The number of amides is 1. The molecule has 0 unspecified atom stereocenters. The number of carbonyl (C=O) groups is 1. The lowest BCUT2D eigenvalue weighted by Gasteiger charge is -2.02. The van der Waals surface area contributed by atoms with Gasteiger partial charge in [-0.05, 0) is 12.0 Å². The zero-order valence-electron chi connectivity index (χ0n) is 13.5. The number of aromatic nitrogens is 3. The third-order valence-electron chi connectivity index (χ3n) is 3.50. The van der Waals surface area contributed by atoms with Gasteiger partial charge < -0.3 is 9.72 Å². The minimum Gasteiger partial charge on any atom is -0.491 e. The summed E-state index contributed by atoms with van der Waals surface area (Å²) in [5, 5.41) is 11.9. The van der Waals surface area contributed by atoms with Gasteiger partial charge in [-0.3, -0.25) is 14.9 Å². The summed E-state index contributed by atoms with van der Waals surface area (Å²) in [5.41, 5.74) is 0.984. The number of nitrogens with zero attached hydrogens (tertiary/aromatic N) is 2. The van der Waals surface area contributed by atoms with Gasteiger partial charge in [0.15, 0.2) is 5.75 Å². The Morgan fingerprint density at radius 2 is 2.04 bits per heavy atom. The molecule has 3 rings (SSSR count). The molecule has 7 nitrogen and oxygen atoms in total. The molecule has 25 heavy (non-hydrogen) atoms. The van der Waals surface area contributed by atoms with Gasteiger partial charge in [0.05, 0.1) is 7.11 Å². The van der Waals surface area contributed by atoms with E-state index in [9.17, 15) is 9.59 Å². The summed E-state index contributed by atoms with van der Waals surface area (Å²) in [6.45, 7) is 0. The topological polar surface area (TPSA) is 97.0 Å². The van der Waals surface area contributed by atoms with Crippen molar-refractivity contribution < 1.29 is 9.53 Å². The molecule has 8 heteroatoms. The molecule has 0 saturated heterocycles. The molecule has 0 aliphatic rings. The predicted octanol–water partition coefficient (Wildman–Crippen LogP) is 2.27. The number of aryl methyl sites for hydroxylation is 2. The number of ether oxygens (including phenoxy) is 1. The molecule has 0 atom stereocenters. The van der Waals surface area contributed by atoms with Gasteiger partial charge in [0.2, 0.25) is 10.6 Å². The Kier molecular flexibility index (Phi) is 5.20. The molecule has 2 N–H and O–H groups in total. The molecule has 0 fully saturated rings. The normalized spacial score (nSPS) is 10.4. The van der Waals surface area contributed by atoms with E-state index in [1.165, 1.54) is 36.3 Å². The van der Waals surface area contributed by atoms with Crippen LogP contribution in [0.15, 0.2) is 47.4 Å². The molecule has 0 radical (unpaired) electrons. The van der Waals surface area contributed by atoms with E-state index in [1.807, 2.05) is 18.2 Å². The fourth-order valence-electron chi connectivity index (χ4n) is 2.21. The molecular formula is C17H16N4O3S. The zero-order valence-corrected chi connectivity index (χ0v) is 14.3. The highest BCUT2D eigenvalue weighted by Crippen LogP contribution is 2.18. The lowest BCUT2D eigenvalue weighted by atomic mass is 10.1. The molecule has 3 aromatic rings. The average molecular weight is 356 g/mol. The van der Waals surface area contributed by atoms with Crippen molar-refractivity contribution in [1.29, 1.82) is 0 Å². The second kappa shape index (κ2) is 7.71. The highest BCUT2D eigenvalue weighted by Gasteiger charge is 2.12. The van der Waals surface area contributed by atoms with Crippen molar-refractivity contribution in [3.8, 4) is 5.75 Å². The number of carbonyl (C=O) groups excluding carboxylic acids is 1.